The van der Waals surface area contributed by atoms with Crippen molar-refractivity contribution in [2.45, 2.75) is 19.4 Å². The summed E-state index contributed by atoms with van der Waals surface area (Å²) in [5, 5.41) is 9.34. The molecule has 1 aliphatic rings. The first-order chi connectivity index (χ1) is 17.6. The van der Waals surface area contributed by atoms with E-state index in [0.29, 0.717) is 0 Å². The third-order valence-electron chi connectivity index (χ3n) is 3.07. The van der Waals surface area contributed by atoms with Crippen molar-refractivity contribution in [2.24, 2.45) is 0 Å². The summed E-state index contributed by atoms with van der Waals surface area (Å²) in [6.45, 7) is -6.13. The van der Waals surface area contributed by atoms with Gasteiger partial charge < -0.3 is 14.7 Å². The summed E-state index contributed by atoms with van der Waals surface area (Å²) in [5.41, 5.74) is -3.98. The van der Waals surface area contributed by atoms with Gasteiger partial charge in [-0.05, 0) is 54.8 Å². The van der Waals surface area contributed by atoms with Gasteiger partial charge in [0, 0.05) is 17.5 Å². The van der Waals surface area contributed by atoms with E-state index in [1.54, 1.807) is 0 Å². The first-order valence-corrected chi connectivity index (χ1v) is 7.16. The van der Waals surface area contributed by atoms with Crippen LogP contribution in [0.3, 0.4) is 0 Å². The van der Waals surface area contributed by atoms with Gasteiger partial charge in [-0.15, -0.1) is 0 Å². The summed E-state index contributed by atoms with van der Waals surface area (Å²) in [6, 6.07) is -7.70. The Hall–Kier alpha value is -2.59. The van der Waals surface area contributed by atoms with Gasteiger partial charge in [-0.3, -0.25) is 4.79 Å². The predicted molar refractivity (Wildman–Crippen MR) is 98.8 cm³/mol. The minimum Gasteiger partial charge on any atom is -0.488 e. The van der Waals surface area contributed by atoms with Crippen LogP contribution in [0.4, 0.5) is 0 Å². The van der Waals surface area contributed by atoms with Crippen LogP contribution in [0.15, 0.2) is 48.3 Å². The van der Waals surface area contributed by atoms with Crippen LogP contribution in [0.25, 0.3) is 5.57 Å². The molecule has 4 heteroatoms. The zero-order chi connectivity index (χ0) is 30.2. The quantitative estimate of drug-likeness (QED) is 0.894. The third-order valence-corrected chi connectivity index (χ3v) is 3.07. The molecular weight excluding hydrogens is 314 g/mol. The van der Waals surface area contributed by atoms with Crippen molar-refractivity contribution in [3.8, 4) is 5.75 Å². The first-order valence-electron chi connectivity index (χ1n) is 14.2. The van der Waals surface area contributed by atoms with E-state index in [2.05, 4.69) is 0 Å². The van der Waals surface area contributed by atoms with E-state index in [1.807, 2.05) is 0 Å². The van der Waals surface area contributed by atoms with E-state index in [0.717, 1.165) is 4.90 Å². The van der Waals surface area contributed by atoms with Crippen molar-refractivity contribution in [1.29, 1.82) is 0 Å². The van der Waals surface area contributed by atoms with Gasteiger partial charge >= 0.3 is 5.97 Å². The average molecular weight is 352 g/mol. The number of rotatable bonds is 5. The fraction of sp³-hybridized carbons (Fsp3) is 0.286. The molecule has 0 atom stereocenters. The van der Waals surface area contributed by atoms with Gasteiger partial charge in [0.25, 0.3) is 0 Å². The molecule has 0 aliphatic carbocycles. The highest BCUT2D eigenvalue weighted by atomic mass is 16.5. The molecule has 2 aromatic carbocycles. The molecule has 0 spiro atoms. The minimum atomic E-state index is -3.30. The summed E-state index contributed by atoms with van der Waals surface area (Å²) in [6.07, 6.45) is -4.27. The van der Waals surface area contributed by atoms with Crippen molar-refractivity contribution >= 4 is 11.5 Å². The number of nitrogens with zero attached hydrogens (tertiary/aromatic N) is 1. The molecule has 4 nitrogen and oxygen atoms in total. The molecule has 0 fully saturated rings. The van der Waals surface area contributed by atoms with E-state index >= 15 is 0 Å². The fourth-order valence-corrected chi connectivity index (χ4v) is 2.06. The number of fused-ring (bicyclic) bond motifs is 2. The Bertz CT molecular complexity index is 1430. The summed E-state index contributed by atoms with van der Waals surface area (Å²) in [4.78, 5) is 12.3. The molecule has 0 bridgehead atoms. The van der Waals surface area contributed by atoms with E-state index in [-0.39, 0.29) is 0 Å². The van der Waals surface area contributed by atoms with Crippen LogP contribution in [0.2, 0.25) is 0 Å². The lowest BCUT2D eigenvalue weighted by Crippen LogP contribution is -2.12. The van der Waals surface area contributed by atoms with E-state index < -0.39 is 114 Å². The molecule has 0 saturated carbocycles. The van der Waals surface area contributed by atoms with Crippen LogP contribution in [-0.4, -0.2) is 36.6 Å². The Morgan fingerprint density at radius 1 is 1.40 bits per heavy atom. The van der Waals surface area contributed by atoms with Gasteiger partial charge in [-0.1, -0.05) is 36.3 Å². The van der Waals surface area contributed by atoms with Crippen molar-refractivity contribution in [2.75, 3.05) is 20.6 Å². The summed E-state index contributed by atoms with van der Waals surface area (Å²) in [5.74, 6) is -2.42. The lowest BCUT2D eigenvalue weighted by atomic mass is 9.92. The molecule has 3 rings (SSSR count). The molecule has 1 heterocycles. The second kappa shape index (κ2) is 7.53. The van der Waals surface area contributed by atoms with Crippen LogP contribution < -0.4 is 4.74 Å². The largest absolute Gasteiger partial charge is 0.488 e. The summed E-state index contributed by atoms with van der Waals surface area (Å²) in [7, 11) is 2.35. The number of benzene rings is 2. The fourth-order valence-electron chi connectivity index (χ4n) is 2.06. The smallest absolute Gasteiger partial charge is 0.307 e. The zero-order valence-corrected chi connectivity index (χ0v) is 13.4. The van der Waals surface area contributed by atoms with Crippen molar-refractivity contribution < 1.29 is 33.8 Å². The van der Waals surface area contributed by atoms with Crippen LogP contribution in [0.1, 0.15) is 47.8 Å². The lowest BCUT2D eigenvalue weighted by molar-refractivity contribution is -0.136. The number of carbonyl (C=O) groups is 1. The number of carboxylic acid groups (broad SMARTS) is 1. The highest BCUT2D eigenvalue weighted by molar-refractivity contribution is 5.85. The van der Waals surface area contributed by atoms with Gasteiger partial charge in [-0.25, -0.2) is 0 Å². The monoisotopic (exact) mass is 351 g/mol. The zero-order valence-electron chi connectivity index (χ0n) is 27.4. The maximum absolute atomic E-state index is 11.5. The molecule has 0 unspecified atom stereocenters. The van der Waals surface area contributed by atoms with Crippen LogP contribution >= 0.6 is 0 Å². The van der Waals surface area contributed by atoms with Crippen molar-refractivity contribution in [1.82, 2.24) is 4.90 Å². The SMILES string of the molecule is [2H]/C(=C1/c2c([2H])c(CC(=O)O)c([2H])c([2H])c2OC([2H])([2H])c2c([2H])c([2H])c([2H])c([2H])c21)C([2H])([2H])C([2H])([2H])N(C)C. The summed E-state index contributed by atoms with van der Waals surface area (Å²) >= 11 is 0. The molecular formula is C21H23NO3. The molecule has 0 saturated heterocycles. The molecule has 0 aromatic heterocycles. The second-order valence-corrected chi connectivity index (χ2v) is 5.21. The second-order valence-electron chi connectivity index (χ2n) is 5.21. The van der Waals surface area contributed by atoms with Gasteiger partial charge in [0.15, 0.2) is 0 Å². The Labute approximate surface area is 168 Å². The number of ether oxygens (including phenoxy) is 1. The van der Waals surface area contributed by atoms with Crippen LogP contribution in [0, 0.1) is 0 Å². The molecule has 1 N–H and O–H groups in total. The van der Waals surface area contributed by atoms with Crippen molar-refractivity contribution in [3.63, 3.8) is 0 Å². The Morgan fingerprint density at radius 3 is 2.96 bits per heavy atom. The molecule has 0 radical (unpaired) electrons. The third kappa shape index (κ3) is 4.09. The number of carboxylic acids is 1. The van der Waals surface area contributed by atoms with Gasteiger partial charge in [0.1, 0.15) is 12.3 Å². The molecule has 2 aromatic rings. The van der Waals surface area contributed by atoms with Crippen LogP contribution in [0.5, 0.6) is 5.75 Å². The topological polar surface area (TPSA) is 49.8 Å². The normalized spacial score (nSPS) is 26.2. The van der Waals surface area contributed by atoms with Gasteiger partial charge in [-0.2, -0.15) is 0 Å². The Balaban J connectivity index is 2.77. The molecule has 25 heavy (non-hydrogen) atoms. The molecule has 130 valence electrons. The van der Waals surface area contributed by atoms with E-state index in [1.165, 1.54) is 14.1 Å². The van der Waals surface area contributed by atoms with E-state index in [9.17, 15) is 9.90 Å². The van der Waals surface area contributed by atoms with E-state index in [4.69, 9.17) is 23.9 Å². The van der Waals surface area contributed by atoms with Crippen molar-refractivity contribution in [3.05, 3.63) is 70.6 Å². The summed E-state index contributed by atoms with van der Waals surface area (Å²) < 4.78 is 123. The van der Waals surface area contributed by atoms with Gasteiger partial charge in [0.2, 0.25) is 0 Å². The predicted octanol–water partition coefficient (Wildman–Crippen LogP) is 3.59. The lowest BCUT2D eigenvalue weighted by Gasteiger charge is -2.13. The Morgan fingerprint density at radius 2 is 2.20 bits per heavy atom. The number of hydrogen-bond donors (Lipinski definition) is 1. The molecule has 1 aliphatic heterocycles. The van der Waals surface area contributed by atoms with Gasteiger partial charge in [0.05, 0.1) is 20.1 Å². The Kier molecular flexibility index (Phi) is 2.10. The maximum atomic E-state index is 11.5. The highest BCUT2D eigenvalue weighted by Crippen LogP contribution is 2.37. The maximum Gasteiger partial charge on any atom is 0.307 e. The first kappa shape index (κ1) is 6.96. The van der Waals surface area contributed by atoms with Crippen LogP contribution in [-0.2, 0) is 17.8 Å². The standard InChI is InChI=1S/C21H23NO3/c1-22(2)11-5-8-18-17-7-4-3-6-16(17)14-25-20-10-9-15(12-19(18)20)13-21(23)24/h3-4,6-10,12H,5,11,13-14H2,1-2H3,(H,23,24)/b18-8-/i3D,4D,5D2,6D,7D,8D,9D,10D,11D2,12D,14D2. The highest BCUT2D eigenvalue weighted by Gasteiger charge is 2.19. The average Bonchev–Trinajstić information content (AvgIpc) is 2.93. The number of aliphatic carboxylic acids is 1. The minimum absolute atomic E-state index is 0.582. The molecule has 0 amide bonds. The number of hydrogen-bond acceptors (Lipinski definition) is 3.